The normalized spacial score (nSPS) is 12.7. The van der Waals surface area contributed by atoms with Gasteiger partial charge in [0.15, 0.2) is 0 Å². The molecule has 0 saturated carbocycles. The van der Waals surface area contributed by atoms with Crippen LogP contribution in [0.4, 0.5) is 0 Å². The van der Waals surface area contributed by atoms with Crippen molar-refractivity contribution in [3.05, 3.63) is 89.7 Å². The number of amides is 3. The quantitative estimate of drug-likeness (QED) is 0.276. The molecule has 0 aliphatic carbocycles. The number of nitrogens with zero attached hydrogens (tertiary/aromatic N) is 2. The number of hydrogen-bond donors (Lipinski definition) is 3. The molecule has 0 saturated heterocycles. The fraction of sp³-hybridized carbons (Fsp3) is 0.200. The number of nitrogens with one attached hydrogen (secondary N) is 1. The molecule has 0 bridgehead atoms. The average molecular weight is 543 g/mol. The summed E-state index contributed by atoms with van der Waals surface area (Å²) in [5.74, 6) is -0.0293. The first-order valence-corrected chi connectivity index (χ1v) is 12.6. The van der Waals surface area contributed by atoms with E-state index in [4.69, 9.17) is 15.2 Å². The molecule has 0 unspecified atom stereocenters. The Morgan fingerprint density at radius 3 is 2.25 bits per heavy atom. The molecule has 0 atom stereocenters. The summed E-state index contributed by atoms with van der Waals surface area (Å²) in [6.45, 7) is 0.604. The van der Waals surface area contributed by atoms with Gasteiger partial charge < -0.3 is 24.9 Å². The van der Waals surface area contributed by atoms with Crippen LogP contribution in [0.1, 0.15) is 23.1 Å². The molecular weight excluding hydrogens is 512 g/mol. The van der Waals surface area contributed by atoms with Gasteiger partial charge in [-0.25, -0.2) is 4.98 Å². The van der Waals surface area contributed by atoms with Crippen LogP contribution in [0.15, 0.2) is 73.1 Å². The minimum absolute atomic E-state index is 0.0516. The Morgan fingerprint density at radius 1 is 0.925 bits per heavy atom. The van der Waals surface area contributed by atoms with Gasteiger partial charge in [0.05, 0.1) is 31.8 Å². The van der Waals surface area contributed by atoms with Gasteiger partial charge in [0.1, 0.15) is 17.1 Å². The Hall–Kier alpha value is -4.96. The third kappa shape index (κ3) is 5.87. The fourth-order valence-electron chi connectivity index (χ4n) is 4.59. The summed E-state index contributed by atoms with van der Waals surface area (Å²) in [5, 5.41) is 12.4. The molecule has 1 aliphatic heterocycles. The van der Waals surface area contributed by atoms with Crippen LogP contribution in [0.25, 0.3) is 22.2 Å². The Labute approximate surface area is 231 Å². The van der Waals surface area contributed by atoms with Crippen molar-refractivity contribution < 1.29 is 29.0 Å². The van der Waals surface area contributed by atoms with E-state index in [2.05, 4.69) is 10.3 Å². The van der Waals surface area contributed by atoms with E-state index in [1.165, 1.54) is 7.11 Å². The number of para-hydroxylation sites is 2. The van der Waals surface area contributed by atoms with Crippen molar-refractivity contribution in [2.45, 2.75) is 19.4 Å². The van der Waals surface area contributed by atoms with Gasteiger partial charge in [-0.15, -0.1) is 0 Å². The number of rotatable bonds is 9. The summed E-state index contributed by atoms with van der Waals surface area (Å²) < 4.78 is 12.3. The lowest BCUT2D eigenvalue weighted by atomic mass is 9.96. The van der Waals surface area contributed by atoms with E-state index in [1.54, 1.807) is 43.6 Å². The molecule has 10 nitrogen and oxygen atoms in total. The van der Waals surface area contributed by atoms with Gasteiger partial charge in [0, 0.05) is 47.6 Å². The maximum absolute atomic E-state index is 12.7. The molecule has 4 N–H and O–H groups in total. The molecule has 0 fully saturated rings. The molecule has 0 radical (unpaired) electrons. The Bertz CT molecular complexity index is 1590. The Balaban J connectivity index is 0.000000259. The molecule has 206 valence electrons. The van der Waals surface area contributed by atoms with Crippen LogP contribution >= 0.6 is 0 Å². The molecule has 10 heteroatoms. The van der Waals surface area contributed by atoms with E-state index in [0.717, 1.165) is 10.9 Å². The molecule has 0 spiro atoms. The van der Waals surface area contributed by atoms with Crippen molar-refractivity contribution in [1.29, 1.82) is 0 Å². The maximum Gasteiger partial charge on any atom is 0.259 e. The van der Waals surface area contributed by atoms with E-state index in [-0.39, 0.29) is 24.5 Å². The minimum atomic E-state index is -0.454. The van der Waals surface area contributed by atoms with E-state index in [0.29, 0.717) is 46.8 Å². The molecule has 4 aromatic rings. The SMILES string of the molecule is COc1ccccc1C1=C(c2cn(CCCO)c3ncccc23)C(=O)NC1=O.COc1ccccc1CC(N)=O. The number of aromatic nitrogens is 2. The van der Waals surface area contributed by atoms with Gasteiger partial charge in [0.25, 0.3) is 11.8 Å². The lowest BCUT2D eigenvalue weighted by Crippen LogP contribution is -2.22. The van der Waals surface area contributed by atoms with E-state index in [9.17, 15) is 19.5 Å². The van der Waals surface area contributed by atoms with Crippen LogP contribution in [0.5, 0.6) is 11.5 Å². The van der Waals surface area contributed by atoms with Crippen LogP contribution in [0.3, 0.4) is 0 Å². The van der Waals surface area contributed by atoms with Crippen molar-refractivity contribution in [2.75, 3.05) is 20.8 Å². The second-order valence-corrected chi connectivity index (χ2v) is 8.88. The molecule has 2 aromatic carbocycles. The van der Waals surface area contributed by atoms with Crippen LogP contribution in [-0.2, 0) is 27.3 Å². The second kappa shape index (κ2) is 12.7. The molecule has 2 aromatic heterocycles. The minimum Gasteiger partial charge on any atom is -0.496 e. The lowest BCUT2D eigenvalue weighted by molar-refractivity contribution is -0.123. The van der Waals surface area contributed by atoms with E-state index >= 15 is 0 Å². The number of primary amides is 1. The molecule has 40 heavy (non-hydrogen) atoms. The molecule has 3 heterocycles. The summed E-state index contributed by atoms with van der Waals surface area (Å²) in [5.41, 5.74) is 8.35. The summed E-state index contributed by atoms with van der Waals surface area (Å²) in [6, 6.07) is 18.1. The van der Waals surface area contributed by atoms with Crippen LogP contribution in [-0.4, -0.2) is 53.2 Å². The average Bonchev–Trinajstić information content (AvgIpc) is 3.47. The monoisotopic (exact) mass is 542 g/mol. The van der Waals surface area contributed by atoms with Gasteiger partial charge in [-0.2, -0.15) is 0 Å². The summed E-state index contributed by atoms with van der Waals surface area (Å²) in [6.07, 6.45) is 4.28. The molecule has 3 amide bonds. The number of nitrogens with two attached hydrogens (primary N) is 1. The largest absolute Gasteiger partial charge is 0.496 e. The highest BCUT2D eigenvalue weighted by molar-refractivity contribution is 6.50. The third-order valence-electron chi connectivity index (χ3n) is 6.33. The van der Waals surface area contributed by atoms with Crippen molar-refractivity contribution in [3.63, 3.8) is 0 Å². The number of imide groups is 1. The zero-order chi connectivity index (χ0) is 28.6. The smallest absolute Gasteiger partial charge is 0.259 e. The number of carbonyl (C=O) groups excluding carboxylic acids is 3. The first-order chi connectivity index (χ1) is 19.4. The number of pyridine rings is 1. The zero-order valence-corrected chi connectivity index (χ0v) is 22.2. The van der Waals surface area contributed by atoms with Gasteiger partial charge in [0.2, 0.25) is 5.91 Å². The molecule has 5 rings (SSSR count). The number of benzene rings is 2. The van der Waals surface area contributed by atoms with Crippen LogP contribution in [0.2, 0.25) is 0 Å². The Morgan fingerprint density at radius 2 is 1.57 bits per heavy atom. The fourth-order valence-corrected chi connectivity index (χ4v) is 4.59. The van der Waals surface area contributed by atoms with Gasteiger partial charge in [-0.05, 0) is 30.7 Å². The predicted molar refractivity (Wildman–Crippen MR) is 150 cm³/mol. The number of fused-ring (bicyclic) bond motifs is 1. The summed E-state index contributed by atoms with van der Waals surface area (Å²) >= 11 is 0. The maximum atomic E-state index is 12.7. The standard InChI is InChI=1S/C21H19N3O4.C9H11NO2/c1-28-16-8-3-2-6-14(16)17-18(21(27)23-20(17)26)15-12-24(10-5-11-25)19-13(15)7-4-9-22-19;1-12-8-5-3-2-4-7(8)6-9(10)11/h2-4,6-9,12,25H,5,10-11H2,1H3,(H,23,26,27);2-5H,6H2,1H3,(H2,10,11). The van der Waals surface area contributed by atoms with E-state index in [1.807, 2.05) is 41.1 Å². The lowest BCUT2D eigenvalue weighted by Gasteiger charge is -2.09. The zero-order valence-electron chi connectivity index (χ0n) is 22.2. The number of hydrogen-bond acceptors (Lipinski definition) is 7. The van der Waals surface area contributed by atoms with Gasteiger partial charge in [-0.3, -0.25) is 19.7 Å². The Kier molecular flexibility index (Phi) is 8.93. The molecule has 1 aliphatic rings. The number of aliphatic hydroxyl groups excluding tert-OH is 1. The first kappa shape index (κ1) is 28.1. The third-order valence-corrected chi connectivity index (χ3v) is 6.33. The van der Waals surface area contributed by atoms with Crippen LogP contribution in [0, 0.1) is 0 Å². The molecular formula is C30H30N4O6. The summed E-state index contributed by atoms with van der Waals surface area (Å²) in [7, 11) is 3.10. The summed E-state index contributed by atoms with van der Waals surface area (Å²) in [4.78, 5) is 40.4. The van der Waals surface area contributed by atoms with Crippen molar-refractivity contribution in [3.8, 4) is 11.5 Å². The van der Waals surface area contributed by atoms with Gasteiger partial charge in [-0.1, -0.05) is 36.4 Å². The van der Waals surface area contributed by atoms with Crippen molar-refractivity contribution >= 4 is 39.9 Å². The first-order valence-electron chi connectivity index (χ1n) is 12.6. The highest BCUT2D eigenvalue weighted by atomic mass is 16.5. The van der Waals surface area contributed by atoms with Crippen LogP contribution < -0.4 is 20.5 Å². The highest BCUT2D eigenvalue weighted by Gasteiger charge is 2.35. The number of carbonyl (C=O) groups is 3. The number of methoxy groups -OCH3 is 2. The number of aliphatic hydroxyl groups is 1. The van der Waals surface area contributed by atoms with Crippen molar-refractivity contribution in [1.82, 2.24) is 14.9 Å². The predicted octanol–water partition coefficient (Wildman–Crippen LogP) is 2.72. The van der Waals surface area contributed by atoms with Gasteiger partial charge >= 0.3 is 0 Å². The van der Waals surface area contributed by atoms with Crippen molar-refractivity contribution in [2.24, 2.45) is 5.73 Å². The highest BCUT2D eigenvalue weighted by Crippen LogP contribution is 2.38. The van der Waals surface area contributed by atoms with E-state index < -0.39 is 11.8 Å². The topological polar surface area (TPSA) is 146 Å². The number of aryl methyl sites for hydroxylation is 1. The number of ether oxygens (including phenoxy) is 2. The second-order valence-electron chi connectivity index (χ2n) is 8.88.